The van der Waals surface area contributed by atoms with Gasteiger partial charge in [-0.2, -0.15) is 5.26 Å². The number of aromatic nitrogens is 3. The molecule has 0 aliphatic heterocycles. The number of nitrogens with zero attached hydrogens (tertiary/aromatic N) is 4. The van der Waals surface area contributed by atoms with Crippen molar-refractivity contribution in [3.05, 3.63) is 58.5 Å². The van der Waals surface area contributed by atoms with Crippen molar-refractivity contribution in [2.45, 2.75) is 24.3 Å². The smallest absolute Gasteiger partial charge is 0.267 e. The molecule has 0 amide bonds. The van der Waals surface area contributed by atoms with E-state index in [1.165, 1.54) is 16.3 Å². The first kappa shape index (κ1) is 15.3. The quantitative estimate of drug-likeness (QED) is 0.547. The molecule has 2 heterocycles. The lowest BCUT2D eigenvalue weighted by atomic mass is 10.2. The SMILES string of the molecule is Cc1ccnc(-n2c(S[C@@H](C)C#N)nc3ccccc3c2=O)c1. The summed E-state index contributed by atoms with van der Waals surface area (Å²) in [4.78, 5) is 21.8. The molecule has 0 radical (unpaired) electrons. The molecule has 1 atom stereocenters. The second-order valence-corrected chi connectivity index (χ2v) is 6.44. The molecular weight excluding hydrogens is 308 g/mol. The standard InChI is InChI=1S/C17H14N4OS/c1-11-7-8-19-15(9-11)21-16(22)13-5-3-4-6-14(13)20-17(21)23-12(2)10-18/h3-9,12H,1-2H3/t12-/m0/s1. The van der Waals surface area contributed by atoms with Crippen LogP contribution in [0, 0.1) is 18.3 Å². The van der Waals surface area contributed by atoms with E-state index in [9.17, 15) is 4.79 Å². The molecule has 2 aromatic heterocycles. The number of pyridine rings is 1. The van der Waals surface area contributed by atoms with E-state index in [1.54, 1.807) is 25.3 Å². The Morgan fingerprint density at radius 3 is 2.83 bits per heavy atom. The molecule has 0 unspecified atom stereocenters. The summed E-state index contributed by atoms with van der Waals surface area (Å²) < 4.78 is 1.48. The van der Waals surface area contributed by atoms with Crippen LogP contribution in [-0.2, 0) is 0 Å². The Labute approximate surface area is 137 Å². The number of nitriles is 1. The minimum Gasteiger partial charge on any atom is -0.268 e. The Morgan fingerprint density at radius 1 is 1.30 bits per heavy atom. The molecule has 0 spiro atoms. The van der Waals surface area contributed by atoms with Crippen molar-refractivity contribution in [3.8, 4) is 11.9 Å². The molecule has 3 rings (SSSR count). The van der Waals surface area contributed by atoms with Crippen molar-refractivity contribution in [1.29, 1.82) is 5.26 Å². The Bertz CT molecular complexity index is 974. The maximum atomic E-state index is 12.9. The average Bonchev–Trinajstić information content (AvgIpc) is 2.55. The zero-order valence-corrected chi connectivity index (χ0v) is 13.5. The Hall–Kier alpha value is -2.65. The summed E-state index contributed by atoms with van der Waals surface area (Å²) in [7, 11) is 0. The molecular formula is C17H14N4OS. The molecule has 1 aromatic carbocycles. The first-order valence-corrected chi connectivity index (χ1v) is 7.99. The summed E-state index contributed by atoms with van der Waals surface area (Å²) in [6.45, 7) is 3.72. The van der Waals surface area contributed by atoms with Gasteiger partial charge in [0.25, 0.3) is 5.56 Å². The molecule has 23 heavy (non-hydrogen) atoms. The molecule has 114 valence electrons. The molecule has 0 aliphatic rings. The van der Waals surface area contributed by atoms with Crippen molar-refractivity contribution in [2.75, 3.05) is 0 Å². The van der Waals surface area contributed by atoms with Gasteiger partial charge >= 0.3 is 0 Å². The highest BCUT2D eigenvalue weighted by Crippen LogP contribution is 2.24. The van der Waals surface area contributed by atoms with Crippen LogP contribution in [0.1, 0.15) is 12.5 Å². The zero-order chi connectivity index (χ0) is 16.4. The van der Waals surface area contributed by atoms with Gasteiger partial charge in [0.1, 0.15) is 5.82 Å². The van der Waals surface area contributed by atoms with E-state index >= 15 is 0 Å². The highest BCUT2D eigenvalue weighted by Gasteiger charge is 2.16. The van der Waals surface area contributed by atoms with Gasteiger partial charge < -0.3 is 0 Å². The summed E-state index contributed by atoms with van der Waals surface area (Å²) in [6.07, 6.45) is 1.66. The van der Waals surface area contributed by atoms with E-state index in [-0.39, 0.29) is 10.8 Å². The summed E-state index contributed by atoms with van der Waals surface area (Å²) in [5, 5.41) is 9.77. The normalized spacial score (nSPS) is 12.0. The summed E-state index contributed by atoms with van der Waals surface area (Å²) >= 11 is 1.25. The van der Waals surface area contributed by atoms with Gasteiger partial charge in [-0.25, -0.2) is 14.5 Å². The predicted octanol–water partition coefficient (Wildman–Crippen LogP) is 3.09. The Kier molecular flexibility index (Phi) is 4.13. The second-order valence-electron chi connectivity index (χ2n) is 5.13. The van der Waals surface area contributed by atoms with Gasteiger partial charge in [-0.1, -0.05) is 23.9 Å². The van der Waals surface area contributed by atoms with Crippen LogP contribution in [0.15, 0.2) is 52.5 Å². The topological polar surface area (TPSA) is 71.6 Å². The lowest BCUT2D eigenvalue weighted by Crippen LogP contribution is -2.23. The summed E-state index contributed by atoms with van der Waals surface area (Å²) in [5.74, 6) is 0.515. The van der Waals surface area contributed by atoms with E-state index in [1.807, 2.05) is 31.2 Å². The van der Waals surface area contributed by atoms with E-state index in [2.05, 4.69) is 16.0 Å². The minimum atomic E-state index is -0.320. The number of thioether (sulfide) groups is 1. The predicted molar refractivity (Wildman–Crippen MR) is 90.8 cm³/mol. The molecule has 0 N–H and O–H groups in total. The molecule has 5 nitrogen and oxygen atoms in total. The van der Waals surface area contributed by atoms with Gasteiger partial charge in [-0.3, -0.25) is 4.79 Å². The van der Waals surface area contributed by atoms with Gasteiger partial charge in [0.15, 0.2) is 5.16 Å². The molecule has 6 heteroatoms. The molecule has 0 saturated carbocycles. The summed E-state index contributed by atoms with van der Waals surface area (Å²) in [6, 6.07) is 13.1. The third-order valence-corrected chi connectivity index (χ3v) is 4.28. The number of para-hydroxylation sites is 1. The van der Waals surface area contributed by atoms with Crippen LogP contribution in [0.4, 0.5) is 0 Å². The van der Waals surface area contributed by atoms with Gasteiger partial charge in [0.2, 0.25) is 0 Å². The Balaban J connectivity index is 2.33. The zero-order valence-electron chi connectivity index (χ0n) is 12.7. The maximum Gasteiger partial charge on any atom is 0.267 e. The first-order chi connectivity index (χ1) is 11.1. The van der Waals surface area contributed by atoms with E-state index in [0.29, 0.717) is 21.9 Å². The van der Waals surface area contributed by atoms with Crippen LogP contribution in [0.2, 0.25) is 0 Å². The lowest BCUT2D eigenvalue weighted by molar-refractivity contribution is 0.793. The Morgan fingerprint density at radius 2 is 2.09 bits per heavy atom. The van der Waals surface area contributed by atoms with Gasteiger partial charge in [0, 0.05) is 6.20 Å². The third-order valence-electron chi connectivity index (χ3n) is 3.34. The fraction of sp³-hybridized carbons (Fsp3) is 0.176. The fourth-order valence-electron chi connectivity index (χ4n) is 2.22. The molecule has 0 saturated heterocycles. The van der Waals surface area contributed by atoms with Crippen molar-refractivity contribution in [2.24, 2.45) is 0 Å². The molecule has 3 aromatic rings. The molecule has 0 bridgehead atoms. The van der Waals surface area contributed by atoms with Crippen molar-refractivity contribution in [1.82, 2.24) is 14.5 Å². The number of rotatable bonds is 3. The number of hydrogen-bond acceptors (Lipinski definition) is 5. The van der Waals surface area contributed by atoms with E-state index in [4.69, 9.17) is 5.26 Å². The fourth-order valence-corrected chi connectivity index (χ4v) is 3.02. The monoisotopic (exact) mass is 322 g/mol. The second kappa shape index (κ2) is 6.23. The van der Waals surface area contributed by atoms with Crippen molar-refractivity contribution < 1.29 is 0 Å². The highest BCUT2D eigenvalue weighted by atomic mass is 32.2. The number of fused-ring (bicyclic) bond motifs is 1. The maximum absolute atomic E-state index is 12.9. The van der Waals surface area contributed by atoms with Gasteiger partial charge in [0.05, 0.1) is 22.2 Å². The van der Waals surface area contributed by atoms with Crippen LogP contribution < -0.4 is 5.56 Å². The lowest BCUT2D eigenvalue weighted by Gasteiger charge is -2.13. The number of aryl methyl sites for hydroxylation is 1. The first-order valence-electron chi connectivity index (χ1n) is 7.11. The van der Waals surface area contributed by atoms with Crippen molar-refractivity contribution in [3.63, 3.8) is 0 Å². The minimum absolute atomic E-state index is 0.179. The number of benzene rings is 1. The van der Waals surface area contributed by atoms with Crippen LogP contribution in [0.3, 0.4) is 0 Å². The van der Waals surface area contributed by atoms with Crippen molar-refractivity contribution >= 4 is 22.7 Å². The van der Waals surface area contributed by atoms with Crippen LogP contribution >= 0.6 is 11.8 Å². The molecule has 0 fully saturated rings. The largest absolute Gasteiger partial charge is 0.268 e. The van der Waals surface area contributed by atoms with E-state index in [0.717, 1.165) is 5.56 Å². The third kappa shape index (κ3) is 2.96. The average molecular weight is 322 g/mol. The van der Waals surface area contributed by atoms with Gasteiger partial charge in [-0.05, 0) is 43.7 Å². The summed E-state index contributed by atoms with van der Waals surface area (Å²) in [5.41, 5.74) is 1.44. The number of hydrogen-bond donors (Lipinski definition) is 0. The molecule has 0 aliphatic carbocycles. The van der Waals surface area contributed by atoms with Crippen LogP contribution in [-0.4, -0.2) is 19.8 Å². The van der Waals surface area contributed by atoms with Crippen LogP contribution in [0.5, 0.6) is 0 Å². The van der Waals surface area contributed by atoms with Gasteiger partial charge in [-0.15, -0.1) is 0 Å². The van der Waals surface area contributed by atoms with E-state index < -0.39 is 0 Å². The van der Waals surface area contributed by atoms with Crippen LogP contribution in [0.25, 0.3) is 16.7 Å². The highest BCUT2D eigenvalue weighted by molar-refractivity contribution is 8.00.